The lowest BCUT2D eigenvalue weighted by Crippen LogP contribution is -2.44. The Morgan fingerprint density at radius 2 is 2.19 bits per heavy atom. The van der Waals surface area contributed by atoms with Crippen LogP contribution in [0.1, 0.15) is 32.6 Å². The Bertz CT molecular complexity index is 327. The first kappa shape index (κ1) is 12.6. The van der Waals surface area contributed by atoms with Crippen LogP contribution in [0.3, 0.4) is 0 Å². The van der Waals surface area contributed by atoms with Crippen molar-refractivity contribution in [1.29, 1.82) is 0 Å². The quantitative estimate of drug-likeness (QED) is 0.517. The number of carbonyl (C=O) groups is 2. The normalized spacial score (nSPS) is 19.6. The summed E-state index contributed by atoms with van der Waals surface area (Å²) in [6.07, 6.45) is 3.15. The Morgan fingerprint density at radius 3 is 2.81 bits per heavy atom. The summed E-state index contributed by atoms with van der Waals surface area (Å²) in [6, 6.07) is -0.0467. The Kier molecular flexibility index (Phi) is 4.84. The maximum atomic E-state index is 11.7. The standard InChI is InChI=1S/C12H17NO3/c1-3-6-11(14)13-8-5-4-7-10(13)9-12(15)16-2/h10H,4-5,7-9H2,1-2H3. The van der Waals surface area contributed by atoms with Crippen molar-refractivity contribution >= 4 is 11.9 Å². The molecule has 1 aliphatic heterocycles. The van der Waals surface area contributed by atoms with Gasteiger partial charge in [0, 0.05) is 12.6 Å². The highest BCUT2D eigenvalue weighted by Gasteiger charge is 2.27. The molecule has 4 heteroatoms. The molecule has 1 aliphatic rings. The molecule has 0 aromatic rings. The number of esters is 1. The van der Waals surface area contributed by atoms with Gasteiger partial charge in [0.15, 0.2) is 0 Å². The van der Waals surface area contributed by atoms with Gasteiger partial charge in [-0.2, -0.15) is 0 Å². The number of methoxy groups -OCH3 is 1. The lowest BCUT2D eigenvalue weighted by molar-refractivity contribution is -0.143. The van der Waals surface area contributed by atoms with E-state index in [0.717, 1.165) is 19.3 Å². The van der Waals surface area contributed by atoms with Crippen LogP contribution in [0.5, 0.6) is 0 Å². The predicted molar refractivity (Wildman–Crippen MR) is 59.4 cm³/mol. The van der Waals surface area contributed by atoms with Crippen LogP contribution in [-0.4, -0.2) is 36.5 Å². The summed E-state index contributed by atoms with van der Waals surface area (Å²) in [5, 5.41) is 0. The molecule has 1 rings (SSSR count). The van der Waals surface area contributed by atoms with Crippen LogP contribution in [0.4, 0.5) is 0 Å². The van der Waals surface area contributed by atoms with Gasteiger partial charge in [0.05, 0.1) is 13.5 Å². The van der Waals surface area contributed by atoms with Crippen LogP contribution in [0, 0.1) is 11.8 Å². The number of likely N-dealkylation sites (tertiary alicyclic amines) is 1. The monoisotopic (exact) mass is 223 g/mol. The molecule has 88 valence electrons. The van der Waals surface area contributed by atoms with Crippen molar-refractivity contribution in [1.82, 2.24) is 4.90 Å². The van der Waals surface area contributed by atoms with Crippen molar-refractivity contribution in [3.63, 3.8) is 0 Å². The first-order valence-corrected chi connectivity index (χ1v) is 5.49. The van der Waals surface area contributed by atoms with E-state index in [1.807, 2.05) is 0 Å². The van der Waals surface area contributed by atoms with E-state index >= 15 is 0 Å². The third kappa shape index (κ3) is 3.27. The van der Waals surface area contributed by atoms with Gasteiger partial charge < -0.3 is 9.64 Å². The Balaban J connectivity index is 2.65. The van der Waals surface area contributed by atoms with Gasteiger partial charge in [-0.05, 0) is 32.1 Å². The van der Waals surface area contributed by atoms with E-state index in [-0.39, 0.29) is 24.3 Å². The molecule has 0 aromatic heterocycles. The molecule has 0 aromatic carbocycles. The van der Waals surface area contributed by atoms with E-state index in [9.17, 15) is 9.59 Å². The van der Waals surface area contributed by atoms with Crippen molar-refractivity contribution in [2.75, 3.05) is 13.7 Å². The average molecular weight is 223 g/mol. The molecule has 1 fully saturated rings. The second-order valence-electron chi connectivity index (χ2n) is 3.80. The second kappa shape index (κ2) is 6.16. The topological polar surface area (TPSA) is 46.6 Å². The third-order valence-corrected chi connectivity index (χ3v) is 2.75. The number of piperidine rings is 1. The number of carbonyl (C=O) groups excluding carboxylic acids is 2. The molecule has 1 amide bonds. The van der Waals surface area contributed by atoms with Gasteiger partial charge >= 0.3 is 5.97 Å². The fourth-order valence-electron chi connectivity index (χ4n) is 1.93. The van der Waals surface area contributed by atoms with E-state index in [2.05, 4.69) is 16.6 Å². The minimum Gasteiger partial charge on any atom is -0.469 e. The molecular weight excluding hydrogens is 206 g/mol. The molecule has 0 aliphatic carbocycles. The zero-order valence-electron chi connectivity index (χ0n) is 9.78. The average Bonchev–Trinajstić information content (AvgIpc) is 2.30. The van der Waals surface area contributed by atoms with Gasteiger partial charge in [0.2, 0.25) is 0 Å². The highest BCUT2D eigenvalue weighted by molar-refractivity contribution is 5.94. The molecule has 1 unspecified atom stereocenters. The molecule has 1 heterocycles. The highest BCUT2D eigenvalue weighted by atomic mass is 16.5. The van der Waals surface area contributed by atoms with Gasteiger partial charge in [0.25, 0.3) is 5.91 Å². The number of hydrogen-bond acceptors (Lipinski definition) is 3. The summed E-state index contributed by atoms with van der Waals surface area (Å²) in [4.78, 5) is 24.6. The van der Waals surface area contributed by atoms with E-state index in [1.165, 1.54) is 7.11 Å². The maximum absolute atomic E-state index is 11.7. The minimum atomic E-state index is -0.269. The zero-order chi connectivity index (χ0) is 12.0. The summed E-state index contributed by atoms with van der Waals surface area (Å²) < 4.78 is 4.63. The zero-order valence-corrected chi connectivity index (χ0v) is 9.78. The molecule has 0 saturated carbocycles. The van der Waals surface area contributed by atoms with Crippen molar-refractivity contribution in [2.45, 2.75) is 38.6 Å². The number of hydrogen-bond donors (Lipinski definition) is 0. The summed E-state index contributed by atoms with van der Waals surface area (Å²) in [5.41, 5.74) is 0. The molecule has 0 radical (unpaired) electrons. The van der Waals surface area contributed by atoms with Crippen molar-refractivity contribution in [3.05, 3.63) is 0 Å². The largest absolute Gasteiger partial charge is 0.469 e. The van der Waals surface area contributed by atoms with Crippen LogP contribution in [0.15, 0.2) is 0 Å². The van der Waals surface area contributed by atoms with Gasteiger partial charge in [-0.3, -0.25) is 9.59 Å². The predicted octanol–water partition coefficient (Wildman–Crippen LogP) is 0.954. The van der Waals surface area contributed by atoms with Gasteiger partial charge in [0.1, 0.15) is 0 Å². The van der Waals surface area contributed by atoms with Crippen molar-refractivity contribution in [2.24, 2.45) is 0 Å². The fraction of sp³-hybridized carbons (Fsp3) is 0.667. The fourth-order valence-corrected chi connectivity index (χ4v) is 1.93. The smallest absolute Gasteiger partial charge is 0.307 e. The number of amides is 1. The Morgan fingerprint density at radius 1 is 1.44 bits per heavy atom. The van der Waals surface area contributed by atoms with Gasteiger partial charge in [-0.25, -0.2) is 0 Å². The summed E-state index contributed by atoms with van der Waals surface area (Å²) >= 11 is 0. The minimum absolute atomic E-state index is 0.0467. The first-order chi connectivity index (χ1) is 7.69. The SMILES string of the molecule is CC#CC(=O)N1CCCCC1CC(=O)OC. The molecule has 0 bridgehead atoms. The molecular formula is C12H17NO3. The van der Waals surface area contributed by atoms with E-state index in [0.29, 0.717) is 6.54 Å². The number of nitrogens with zero attached hydrogens (tertiary/aromatic N) is 1. The van der Waals surface area contributed by atoms with E-state index in [4.69, 9.17) is 0 Å². The lowest BCUT2D eigenvalue weighted by atomic mass is 9.99. The Labute approximate surface area is 95.9 Å². The van der Waals surface area contributed by atoms with E-state index < -0.39 is 0 Å². The molecule has 0 N–H and O–H groups in total. The highest BCUT2D eigenvalue weighted by Crippen LogP contribution is 2.19. The molecule has 0 spiro atoms. The summed E-state index contributed by atoms with van der Waals surface area (Å²) in [7, 11) is 1.36. The first-order valence-electron chi connectivity index (χ1n) is 5.49. The van der Waals surface area contributed by atoms with Crippen molar-refractivity contribution < 1.29 is 14.3 Å². The van der Waals surface area contributed by atoms with Crippen LogP contribution in [0.2, 0.25) is 0 Å². The molecule has 1 atom stereocenters. The third-order valence-electron chi connectivity index (χ3n) is 2.75. The van der Waals surface area contributed by atoms with Crippen LogP contribution in [-0.2, 0) is 14.3 Å². The molecule has 4 nitrogen and oxygen atoms in total. The van der Waals surface area contributed by atoms with Crippen molar-refractivity contribution in [3.8, 4) is 11.8 Å². The molecule has 16 heavy (non-hydrogen) atoms. The van der Waals surface area contributed by atoms with Gasteiger partial charge in [-0.1, -0.05) is 5.92 Å². The van der Waals surface area contributed by atoms with Crippen LogP contribution in [0.25, 0.3) is 0 Å². The Hall–Kier alpha value is -1.50. The summed E-state index contributed by atoms with van der Waals surface area (Å²) in [5.74, 6) is 4.66. The maximum Gasteiger partial charge on any atom is 0.307 e. The number of rotatable bonds is 2. The summed E-state index contributed by atoms with van der Waals surface area (Å²) in [6.45, 7) is 2.33. The second-order valence-corrected chi connectivity index (χ2v) is 3.80. The lowest BCUT2D eigenvalue weighted by Gasteiger charge is -2.33. The van der Waals surface area contributed by atoms with Crippen LogP contribution < -0.4 is 0 Å². The van der Waals surface area contributed by atoms with E-state index in [1.54, 1.807) is 11.8 Å². The molecule has 1 saturated heterocycles. The van der Waals surface area contributed by atoms with Gasteiger partial charge in [-0.15, -0.1) is 0 Å². The van der Waals surface area contributed by atoms with Crippen LogP contribution >= 0.6 is 0 Å². The number of ether oxygens (including phenoxy) is 1.